The summed E-state index contributed by atoms with van der Waals surface area (Å²) in [7, 11) is 0. The summed E-state index contributed by atoms with van der Waals surface area (Å²) in [5.74, 6) is 2.49. The molecule has 8 atom stereocenters. The lowest BCUT2D eigenvalue weighted by molar-refractivity contribution is -0.0156. The van der Waals surface area contributed by atoms with Crippen molar-refractivity contribution in [2.45, 2.75) is 65.1 Å². The highest BCUT2D eigenvalue weighted by atomic mass is 16.3. The van der Waals surface area contributed by atoms with Gasteiger partial charge in [0.2, 0.25) is 0 Å². The van der Waals surface area contributed by atoms with Crippen LogP contribution in [0.2, 0.25) is 0 Å². The fourth-order valence-corrected chi connectivity index (χ4v) is 6.42. The van der Waals surface area contributed by atoms with Gasteiger partial charge in [-0.2, -0.15) is 0 Å². The first-order chi connectivity index (χ1) is 10.4. The molecular weight excluding hydrogens is 272 g/mol. The van der Waals surface area contributed by atoms with Gasteiger partial charge in [0.05, 0.1) is 12.2 Å². The Morgan fingerprint density at radius 2 is 1.91 bits per heavy atom. The molecule has 4 aliphatic rings. The molecule has 4 rings (SSSR count). The summed E-state index contributed by atoms with van der Waals surface area (Å²) in [5, 5.41) is 20.5. The standard InChI is InChI=1S/C20H30O2/c1-12-10-13-11-14(21)6-8-19(13,2)16-7-9-20(3)15(18(12)16)4-5-17(20)22/h6-8,12-15,17-18,21-22H,4-5,9-11H2,1-3H3/t12?,13?,14?,15-,17?,18-,19-,20-/m0/s1. The predicted molar refractivity (Wildman–Crippen MR) is 88.2 cm³/mol. The lowest BCUT2D eigenvalue weighted by atomic mass is 9.48. The first kappa shape index (κ1) is 15.0. The van der Waals surface area contributed by atoms with E-state index < -0.39 is 0 Å². The van der Waals surface area contributed by atoms with Crippen LogP contribution >= 0.6 is 0 Å². The normalized spacial score (nSPS) is 56.9. The van der Waals surface area contributed by atoms with E-state index in [1.54, 1.807) is 5.57 Å². The zero-order chi connectivity index (χ0) is 15.7. The highest BCUT2D eigenvalue weighted by Gasteiger charge is 2.58. The smallest absolute Gasteiger partial charge is 0.0724 e. The SMILES string of the molecule is CC1CC2CC(O)C=C[C@]2(C)C2=CC[C@]3(C)C(O)CC[C@H]3[C@@H]21. The maximum atomic E-state index is 10.5. The van der Waals surface area contributed by atoms with E-state index in [4.69, 9.17) is 0 Å². The summed E-state index contributed by atoms with van der Waals surface area (Å²) < 4.78 is 0. The Morgan fingerprint density at radius 3 is 2.68 bits per heavy atom. The molecule has 0 aromatic carbocycles. The van der Waals surface area contributed by atoms with Gasteiger partial charge in [-0.1, -0.05) is 44.6 Å². The van der Waals surface area contributed by atoms with E-state index in [1.807, 2.05) is 6.08 Å². The molecule has 0 aliphatic heterocycles. The van der Waals surface area contributed by atoms with Crippen molar-refractivity contribution < 1.29 is 10.2 Å². The number of aliphatic hydroxyl groups excluding tert-OH is 2. The minimum Gasteiger partial charge on any atom is -0.393 e. The van der Waals surface area contributed by atoms with Crippen LogP contribution in [-0.4, -0.2) is 22.4 Å². The van der Waals surface area contributed by atoms with Crippen LogP contribution in [0.15, 0.2) is 23.8 Å². The molecule has 4 aliphatic carbocycles. The molecule has 4 unspecified atom stereocenters. The van der Waals surface area contributed by atoms with Crippen molar-refractivity contribution in [3.63, 3.8) is 0 Å². The second kappa shape index (κ2) is 4.70. The summed E-state index contributed by atoms with van der Waals surface area (Å²) in [6.07, 6.45) is 11.7. The van der Waals surface area contributed by atoms with E-state index in [0.717, 1.165) is 19.3 Å². The van der Waals surface area contributed by atoms with Crippen LogP contribution in [0, 0.1) is 34.5 Å². The molecule has 0 heterocycles. The molecule has 0 aromatic rings. The summed E-state index contributed by atoms with van der Waals surface area (Å²) in [4.78, 5) is 0. The number of allylic oxidation sites excluding steroid dienone is 3. The maximum absolute atomic E-state index is 10.5. The second-order valence-electron chi connectivity index (χ2n) is 8.95. The molecule has 0 aromatic heterocycles. The largest absolute Gasteiger partial charge is 0.393 e. The van der Waals surface area contributed by atoms with Gasteiger partial charge < -0.3 is 10.2 Å². The topological polar surface area (TPSA) is 40.5 Å². The van der Waals surface area contributed by atoms with Crippen LogP contribution in [0.1, 0.15) is 52.9 Å². The zero-order valence-electron chi connectivity index (χ0n) is 14.1. The monoisotopic (exact) mass is 302 g/mol. The molecular formula is C20H30O2. The van der Waals surface area contributed by atoms with E-state index in [2.05, 4.69) is 32.9 Å². The van der Waals surface area contributed by atoms with E-state index in [1.165, 1.54) is 12.8 Å². The van der Waals surface area contributed by atoms with Gasteiger partial charge in [0.15, 0.2) is 0 Å². The third-order valence-corrected chi connectivity index (χ3v) is 7.84. The Kier molecular flexibility index (Phi) is 3.20. The van der Waals surface area contributed by atoms with Crippen molar-refractivity contribution >= 4 is 0 Å². The molecule has 2 saturated carbocycles. The van der Waals surface area contributed by atoms with Gasteiger partial charge in [-0.05, 0) is 55.8 Å². The van der Waals surface area contributed by atoms with E-state index in [0.29, 0.717) is 23.7 Å². The molecule has 0 radical (unpaired) electrons. The van der Waals surface area contributed by atoms with Crippen molar-refractivity contribution in [2.24, 2.45) is 34.5 Å². The molecule has 2 nitrogen and oxygen atoms in total. The van der Waals surface area contributed by atoms with E-state index >= 15 is 0 Å². The molecule has 2 heteroatoms. The fourth-order valence-electron chi connectivity index (χ4n) is 6.42. The highest BCUT2D eigenvalue weighted by Crippen LogP contribution is 2.64. The molecule has 0 spiro atoms. The van der Waals surface area contributed by atoms with E-state index in [-0.39, 0.29) is 23.0 Å². The number of fused-ring (bicyclic) bond motifs is 5. The van der Waals surface area contributed by atoms with Gasteiger partial charge in [0, 0.05) is 10.8 Å². The van der Waals surface area contributed by atoms with Crippen molar-refractivity contribution in [1.82, 2.24) is 0 Å². The van der Waals surface area contributed by atoms with Crippen LogP contribution < -0.4 is 0 Å². The van der Waals surface area contributed by atoms with Crippen LogP contribution in [0.5, 0.6) is 0 Å². The Balaban J connectivity index is 1.78. The van der Waals surface area contributed by atoms with Gasteiger partial charge in [-0.25, -0.2) is 0 Å². The Labute approximate surface area is 134 Å². The minimum atomic E-state index is -0.260. The third kappa shape index (κ3) is 1.80. The average molecular weight is 302 g/mol. The lowest BCUT2D eigenvalue weighted by Gasteiger charge is -2.57. The van der Waals surface area contributed by atoms with Gasteiger partial charge in [-0.15, -0.1) is 0 Å². The first-order valence-corrected chi connectivity index (χ1v) is 9.12. The van der Waals surface area contributed by atoms with Gasteiger partial charge >= 0.3 is 0 Å². The lowest BCUT2D eigenvalue weighted by Crippen LogP contribution is -2.50. The quantitative estimate of drug-likeness (QED) is 0.670. The third-order valence-electron chi connectivity index (χ3n) is 7.84. The molecule has 2 fully saturated rings. The van der Waals surface area contributed by atoms with Crippen molar-refractivity contribution in [3.8, 4) is 0 Å². The Hall–Kier alpha value is -0.600. The Bertz CT molecular complexity index is 536. The van der Waals surface area contributed by atoms with Gasteiger partial charge in [0.25, 0.3) is 0 Å². The molecule has 2 N–H and O–H groups in total. The highest BCUT2D eigenvalue weighted by molar-refractivity contribution is 5.35. The number of aliphatic hydroxyl groups is 2. The summed E-state index contributed by atoms with van der Waals surface area (Å²) in [5.41, 5.74) is 1.84. The Morgan fingerprint density at radius 1 is 1.14 bits per heavy atom. The van der Waals surface area contributed by atoms with Crippen molar-refractivity contribution in [2.75, 3.05) is 0 Å². The van der Waals surface area contributed by atoms with Crippen molar-refractivity contribution in [1.29, 1.82) is 0 Å². The van der Waals surface area contributed by atoms with Crippen LogP contribution in [0.25, 0.3) is 0 Å². The first-order valence-electron chi connectivity index (χ1n) is 9.12. The molecule has 122 valence electrons. The zero-order valence-corrected chi connectivity index (χ0v) is 14.1. The fraction of sp³-hybridized carbons (Fsp3) is 0.800. The number of hydrogen-bond donors (Lipinski definition) is 2. The molecule has 0 saturated heterocycles. The number of hydrogen-bond acceptors (Lipinski definition) is 2. The molecule has 0 amide bonds. The number of rotatable bonds is 0. The minimum absolute atomic E-state index is 0.0868. The molecule has 22 heavy (non-hydrogen) atoms. The van der Waals surface area contributed by atoms with Gasteiger partial charge in [-0.3, -0.25) is 0 Å². The molecule has 0 bridgehead atoms. The summed E-state index contributed by atoms with van der Waals surface area (Å²) >= 11 is 0. The van der Waals surface area contributed by atoms with Crippen LogP contribution in [0.4, 0.5) is 0 Å². The average Bonchev–Trinajstić information content (AvgIpc) is 2.77. The predicted octanol–water partition coefficient (Wildman–Crippen LogP) is 3.69. The van der Waals surface area contributed by atoms with Crippen LogP contribution in [-0.2, 0) is 0 Å². The summed E-state index contributed by atoms with van der Waals surface area (Å²) in [6.45, 7) is 7.10. The van der Waals surface area contributed by atoms with Crippen molar-refractivity contribution in [3.05, 3.63) is 23.8 Å². The second-order valence-corrected chi connectivity index (χ2v) is 8.95. The maximum Gasteiger partial charge on any atom is 0.0724 e. The van der Waals surface area contributed by atoms with Gasteiger partial charge in [0.1, 0.15) is 0 Å². The van der Waals surface area contributed by atoms with E-state index in [9.17, 15) is 10.2 Å². The van der Waals surface area contributed by atoms with Crippen LogP contribution in [0.3, 0.4) is 0 Å². The summed E-state index contributed by atoms with van der Waals surface area (Å²) in [6, 6.07) is 0.